The highest BCUT2D eigenvalue weighted by atomic mass is 32.1. The van der Waals surface area contributed by atoms with Crippen LogP contribution in [0.15, 0.2) is 28.4 Å². The number of furan rings is 1. The number of fused-ring (bicyclic) bond motifs is 1. The molecule has 0 aromatic carbocycles. The summed E-state index contributed by atoms with van der Waals surface area (Å²) < 4.78 is 10.3. The molecule has 3 rings (SSSR count). The van der Waals surface area contributed by atoms with Crippen LogP contribution in [0, 0.1) is 11.3 Å². The van der Waals surface area contributed by atoms with E-state index >= 15 is 0 Å². The van der Waals surface area contributed by atoms with Crippen molar-refractivity contribution in [2.45, 2.75) is 32.6 Å². The van der Waals surface area contributed by atoms with Gasteiger partial charge in [0.05, 0.1) is 18.4 Å². The second kappa shape index (κ2) is 8.02. The molecule has 1 amide bonds. The molecule has 134 valence electrons. The molecule has 26 heavy (non-hydrogen) atoms. The molecule has 0 aliphatic heterocycles. The van der Waals surface area contributed by atoms with Gasteiger partial charge in [0, 0.05) is 11.0 Å². The number of esters is 1. The van der Waals surface area contributed by atoms with Crippen molar-refractivity contribution < 1.29 is 18.7 Å². The number of aryl methyl sites for hydroxylation is 1. The predicted molar refractivity (Wildman–Crippen MR) is 97.8 cm³/mol. The summed E-state index contributed by atoms with van der Waals surface area (Å²) in [6, 6.07) is 5.20. The highest BCUT2D eigenvalue weighted by Gasteiger charge is 2.27. The van der Waals surface area contributed by atoms with Gasteiger partial charge in [0.1, 0.15) is 22.4 Å². The number of amides is 1. The summed E-state index contributed by atoms with van der Waals surface area (Å²) >= 11 is 1.39. The van der Waals surface area contributed by atoms with E-state index in [0.717, 1.165) is 36.1 Å². The second-order valence-corrected chi connectivity index (χ2v) is 6.88. The van der Waals surface area contributed by atoms with Crippen LogP contribution in [-0.2, 0) is 22.4 Å². The Morgan fingerprint density at radius 1 is 1.42 bits per heavy atom. The average molecular weight is 370 g/mol. The number of nitrogens with zero attached hydrogens (tertiary/aromatic N) is 1. The van der Waals surface area contributed by atoms with Crippen LogP contribution in [0.4, 0.5) is 5.00 Å². The normalized spacial score (nSPS) is 13.6. The van der Waals surface area contributed by atoms with Crippen molar-refractivity contribution in [3.63, 3.8) is 0 Å². The van der Waals surface area contributed by atoms with E-state index in [-0.39, 0.29) is 12.2 Å². The number of hydrogen-bond donors (Lipinski definition) is 1. The zero-order valence-electron chi connectivity index (χ0n) is 14.3. The average Bonchev–Trinajstić information content (AvgIpc) is 3.26. The minimum Gasteiger partial charge on any atom is -0.465 e. The molecule has 0 fully saturated rings. The Bertz CT molecular complexity index is 888. The topological polar surface area (TPSA) is 92.3 Å². The molecule has 2 aromatic heterocycles. The quantitative estimate of drug-likeness (QED) is 0.489. The molecular formula is C19H18N2O4S. The van der Waals surface area contributed by atoms with Gasteiger partial charge in [0.15, 0.2) is 0 Å². The van der Waals surface area contributed by atoms with E-state index in [1.165, 1.54) is 23.7 Å². The summed E-state index contributed by atoms with van der Waals surface area (Å²) in [5, 5.41) is 12.5. The number of rotatable bonds is 5. The Hall–Kier alpha value is -2.85. The monoisotopic (exact) mass is 370 g/mol. The van der Waals surface area contributed by atoms with E-state index in [4.69, 9.17) is 9.15 Å². The third kappa shape index (κ3) is 3.70. The maximum atomic E-state index is 12.5. The Morgan fingerprint density at radius 2 is 2.23 bits per heavy atom. The number of thiophene rings is 1. The van der Waals surface area contributed by atoms with Gasteiger partial charge in [-0.1, -0.05) is 0 Å². The van der Waals surface area contributed by atoms with Gasteiger partial charge >= 0.3 is 5.97 Å². The largest absolute Gasteiger partial charge is 0.465 e. The molecule has 0 bridgehead atoms. The lowest BCUT2D eigenvalue weighted by Crippen LogP contribution is -2.16. The van der Waals surface area contributed by atoms with Crippen LogP contribution in [0.2, 0.25) is 0 Å². The lowest BCUT2D eigenvalue weighted by molar-refractivity contribution is -0.112. The molecule has 0 spiro atoms. The molecule has 2 aromatic rings. The van der Waals surface area contributed by atoms with Crippen molar-refractivity contribution in [2.75, 3.05) is 11.9 Å². The number of carbonyl (C=O) groups is 2. The van der Waals surface area contributed by atoms with E-state index in [1.54, 1.807) is 19.1 Å². The Morgan fingerprint density at radius 3 is 2.92 bits per heavy atom. The summed E-state index contributed by atoms with van der Waals surface area (Å²) in [6.45, 7) is 2.01. The van der Waals surface area contributed by atoms with Crippen molar-refractivity contribution in [3.8, 4) is 6.07 Å². The molecular weight excluding hydrogens is 352 g/mol. The molecule has 0 atom stereocenters. The van der Waals surface area contributed by atoms with E-state index in [0.29, 0.717) is 16.3 Å². The number of nitriles is 1. The molecule has 7 heteroatoms. The van der Waals surface area contributed by atoms with E-state index in [2.05, 4.69) is 5.32 Å². The third-order valence-corrected chi connectivity index (χ3v) is 5.28. The van der Waals surface area contributed by atoms with Crippen molar-refractivity contribution in [1.82, 2.24) is 0 Å². The Labute approximate surface area is 155 Å². The standard InChI is InChI=1S/C19H18N2O4S/c1-2-24-19(23)16-14-7-3-4-8-15(14)26-18(16)21-17(22)12(11-20)10-13-6-5-9-25-13/h5-6,9-10H,2-4,7-8H2,1H3,(H,21,22)/b12-10-. The van der Waals surface area contributed by atoms with Crippen molar-refractivity contribution in [3.05, 3.63) is 45.7 Å². The minimum atomic E-state index is -0.576. The van der Waals surface area contributed by atoms with E-state index in [1.807, 2.05) is 6.07 Å². The van der Waals surface area contributed by atoms with Crippen LogP contribution >= 0.6 is 11.3 Å². The fourth-order valence-electron chi connectivity index (χ4n) is 2.91. The summed E-state index contributed by atoms with van der Waals surface area (Å²) in [7, 11) is 0. The highest BCUT2D eigenvalue weighted by molar-refractivity contribution is 7.17. The summed E-state index contributed by atoms with van der Waals surface area (Å²) in [6.07, 6.45) is 6.58. The number of hydrogen-bond acceptors (Lipinski definition) is 6. The second-order valence-electron chi connectivity index (χ2n) is 5.77. The van der Waals surface area contributed by atoms with Gasteiger partial charge in [-0.3, -0.25) is 4.79 Å². The molecule has 2 heterocycles. The van der Waals surface area contributed by atoms with Crippen LogP contribution in [0.1, 0.15) is 46.3 Å². The summed E-state index contributed by atoms with van der Waals surface area (Å²) in [5.41, 5.74) is 1.29. The van der Waals surface area contributed by atoms with Gasteiger partial charge in [-0.05, 0) is 50.3 Å². The SMILES string of the molecule is CCOC(=O)c1c(NC(=O)/C(C#N)=C\c2ccco2)sc2c1CCCC2. The van der Waals surface area contributed by atoms with Gasteiger partial charge in [-0.2, -0.15) is 5.26 Å². The Kier molecular flexibility index (Phi) is 5.54. The predicted octanol–water partition coefficient (Wildman–Crippen LogP) is 3.94. The van der Waals surface area contributed by atoms with Gasteiger partial charge in [0.2, 0.25) is 0 Å². The summed E-state index contributed by atoms with van der Waals surface area (Å²) in [5.74, 6) is -0.600. The lowest BCUT2D eigenvalue weighted by Gasteiger charge is -2.12. The van der Waals surface area contributed by atoms with Gasteiger partial charge in [0.25, 0.3) is 5.91 Å². The molecule has 1 aliphatic carbocycles. The first-order valence-electron chi connectivity index (χ1n) is 8.42. The van der Waals surface area contributed by atoms with Gasteiger partial charge < -0.3 is 14.5 Å². The first-order chi connectivity index (χ1) is 12.6. The first kappa shape index (κ1) is 18.0. The smallest absolute Gasteiger partial charge is 0.341 e. The molecule has 1 aliphatic rings. The van der Waals surface area contributed by atoms with Crippen molar-refractivity contribution in [2.24, 2.45) is 0 Å². The number of carbonyl (C=O) groups excluding carboxylic acids is 2. The molecule has 0 saturated carbocycles. The van der Waals surface area contributed by atoms with Gasteiger partial charge in [-0.15, -0.1) is 11.3 Å². The molecule has 6 nitrogen and oxygen atoms in total. The van der Waals surface area contributed by atoms with Crippen molar-refractivity contribution in [1.29, 1.82) is 5.26 Å². The number of nitrogens with one attached hydrogen (secondary N) is 1. The molecule has 0 saturated heterocycles. The number of ether oxygens (including phenoxy) is 1. The summed E-state index contributed by atoms with van der Waals surface area (Å²) in [4.78, 5) is 26.0. The maximum Gasteiger partial charge on any atom is 0.341 e. The zero-order valence-corrected chi connectivity index (χ0v) is 15.1. The van der Waals surface area contributed by atoms with Crippen LogP contribution in [0.3, 0.4) is 0 Å². The van der Waals surface area contributed by atoms with Crippen LogP contribution in [-0.4, -0.2) is 18.5 Å². The lowest BCUT2D eigenvalue weighted by atomic mass is 9.95. The van der Waals surface area contributed by atoms with Gasteiger partial charge in [-0.25, -0.2) is 4.79 Å². The molecule has 0 unspecified atom stereocenters. The minimum absolute atomic E-state index is 0.0962. The highest BCUT2D eigenvalue weighted by Crippen LogP contribution is 2.38. The van der Waals surface area contributed by atoms with Crippen LogP contribution < -0.4 is 5.32 Å². The fourth-order valence-corrected chi connectivity index (χ4v) is 4.18. The zero-order chi connectivity index (χ0) is 18.5. The van der Waals surface area contributed by atoms with Crippen LogP contribution in [0.25, 0.3) is 6.08 Å². The van der Waals surface area contributed by atoms with Crippen LogP contribution in [0.5, 0.6) is 0 Å². The Balaban J connectivity index is 1.91. The maximum absolute atomic E-state index is 12.5. The van der Waals surface area contributed by atoms with E-state index < -0.39 is 11.9 Å². The van der Waals surface area contributed by atoms with Crippen molar-refractivity contribution >= 4 is 34.3 Å². The van der Waals surface area contributed by atoms with E-state index in [9.17, 15) is 14.9 Å². The molecule has 0 radical (unpaired) electrons. The third-order valence-electron chi connectivity index (χ3n) is 4.07. The first-order valence-corrected chi connectivity index (χ1v) is 9.24. The fraction of sp³-hybridized carbons (Fsp3) is 0.316. The number of anilines is 1. The molecule has 1 N–H and O–H groups in total.